The number of Topliss-reactive ketones (excluding diaryl/α,β-unsaturated/α-hetero) is 1. The van der Waals surface area contributed by atoms with Crippen molar-refractivity contribution in [2.24, 2.45) is 34.5 Å². The summed E-state index contributed by atoms with van der Waals surface area (Å²) in [5.74, 6) is 3.13. The Bertz CT molecular complexity index is 631. The Morgan fingerprint density at radius 3 is 2.52 bits per heavy atom. The summed E-state index contributed by atoms with van der Waals surface area (Å²) in [5, 5.41) is 10.2. The monoisotopic (exact) mass is 346 g/mol. The quantitative estimate of drug-likeness (QED) is 0.727. The van der Waals surface area contributed by atoms with Gasteiger partial charge in [-0.2, -0.15) is 0 Å². The number of carbonyl (C=O) groups is 1. The van der Waals surface area contributed by atoms with Crippen LogP contribution in [0.3, 0.4) is 0 Å². The molecule has 0 unspecified atom stereocenters. The standard InChI is InChI=1S/C22H34O3/c1-13(23)22-20(3)10-8-17-16(18(20)12-21(22,4)25-22)6-5-14-11-15(24)7-9-19(14,17)2/h14-18,24H,5-12H2,1-4H3/t14-,15-,16+,17-,18-,19-,20-,21+,22-/m0/s1. The topological polar surface area (TPSA) is 49.8 Å². The summed E-state index contributed by atoms with van der Waals surface area (Å²) >= 11 is 0. The lowest BCUT2D eigenvalue weighted by Gasteiger charge is -2.61. The van der Waals surface area contributed by atoms with E-state index in [2.05, 4.69) is 20.8 Å². The second-order valence-electron chi connectivity index (χ2n) is 10.8. The molecule has 0 bridgehead atoms. The predicted molar refractivity (Wildman–Crippen MR) is 96.0 cm³/mol. The van der Waals surface area contributed by atoms with Gasteiger partial charge in [0.25, 0.3) is 0 Å². The molecule has 0 spiro atoms. The third-order valence-electron chi connectivity index (χ3n) is 10.0. The van der Waals surface area contributed by atoms with E-state index >= 15 is 0 Å². The molecule has 0 aromatic rings. The summed E-state index contributed by atoms with van der Waals surface area (Å²) in [6.45, 7) is 8.84. The average Bonchev–Trinajstić information content (AvgIpc) is 3.13. The highest BCUT2D eigenvalue weighted by molar-refractivity contribution is 5.91. The molecular weight excluding hydrogens is 312 g/mol. The first-order valence-corrected chi connectivity index (χ1v) is 10.6. The number of aliphatic hydroxyl groups excluding tert-OH is 1. The molecule has 0 aromatic heterocycles. The van der Waals surface area contributed by atoms with Gasteiger partial charge in [0.05, 0.1) is 6.10 Å². The van der Waals surface area contributed by atoms with Crippen LogP contribution in [0.4, 0.5) is 0 Å². The molecule has 25 heavy (non-hydrogen) atoms. The van der Waals surface area contributed by atoms with Crippen molar-refractivity contribution in [2.45, 2.75) is 96.4 Å². The molecule has 0 radical (unpaired) electrons. The fourth-order valence-electron chi connectivity index (χ4n) is 8.85. The van der Waals surface area contributed by atoms with Crippen molar-refractivity contribution in [2.75, 3.05) is 0 Å². The minimum Gasteiger partial charge on any atom is -0.393 e. The first-order chi connectivity index (χ1) is 11.7. The summed E-state index contributed by atoms with van der Waals surface area (Å²) in [6, 6.07) is 0. The molecule has 1 heterocycles. The number of ether oxygens (including phenoxy) is 1. The molecule has 5 rings (SSSR count). The van der Waals surface area contributed by atoms with Gasteiger partial charge in [-0.25, -0.2) is 0 Å². The average molecular weight is 347 g/mol. The maximum absolute atomic E-state index is 12.6. The molecule has 9 atom stereocenters. The van der Waals surface area contributed by atoms with E-state index in [9.17, 15) is 9.90 Å². The van der Waals surface area contributed by atoms with Gasteiger partial charge in [-0.3, -0.25) is 4.79 Å². The minimum atomic E-state index is -0.490. The third-order valence-corrected chi connectivity index (χ3v) is 10.0. The second-order valence-corrected chi connectivity index (χ2v) is 10.8. The summed E-state index contributed by atoms with van der Waals surface area (Å²) in [4.78, 5) is 12.6. The summed E-state index contributed by atoms with van der Waals surface area (Å²) in [7, 11) is 0. The van der Waals surface area contributed by atoms with Gasteiger partial charge < -0.3 is 9.84 Å². The van der Waals surface area contributed by atoms with Gasteiger partial charge >= 0.3 is 0 Å². The van der Waals surface area contributed by atoms with E-state index in [4.69, 9.17) is 4.74 Å². The molecule has 1 N–H and O–H groups in total. The Hall–Kier alpha value is -0.410. The van der Waals surface area contributed by atoms with Gasteiger partial charge in [-0.15, -0.1) is 0 Å². The molecular formula is C22H34O3. The lowest BCUT2D eigenvalue weighted by atomic mass is 9.44. The van der Waals surface area contributed by atoms with Crippen molar-refractivity contribution in [1.29, 1.82) is 0 Å². The largest absolute Gasteiger partial charge is 0.393 e. The number of ketones is 1. The van der Waals surface area contributed by atoms with Gasteiger partial charge in [-0.05, 0) is 94.3 Å². The highest BCUT2D eigenvalue weighted by atomic mass is 16.6. The lowest BCUT2D eigenvalue weighted by Crippen LogP contribution is -2.56. The van der Waals surface area contributed by atoms with Crippen molar-refractivity contribution in [3.8, 4) is 0 Å². The van der Waals surface area contributed by atoms with Crippen LogP contribution in [0.25, 0.3) is 0 Å². The second kappa shape index (κ2) is 4.70. The van der Waals surface area contributed by atoms with Crippen molar-refractivity contribution >= 4 is 5.78 Å². The maximum atomic E-state index is 12.6. The van der Waals surface area contributed by atoms with Crippen LogP contribution in [0.1, 0.15) is 79.1 Å². The van der Waals surface area contributed by atoms with Gasteiger partial charge in [0.1, 0.15) is 5.60 Å². The van der Waals surface area contributed by atoms with Crippen LogP contribution in [-0.2, 0) is 9.53 Å². The Kier molecular flexibility index (Phi) is 3.15. The Morgan fingerprint density at radius 2 is 1.80 bits per heavy atom. The molecule has 4 saturated carbocycles. The van der Waals surface area contributed by atoms with Gasteiger partial charge in [0.2, 0.25) is 0 Å². The number of hydrogen-bond donors (Lipinski definition) is 1. The van der Waals surface area contributed by atoms with E-state index in [0.29, 0.717) is 17.3 Å². The molecule has 0 amide bonds. The zero-order valence-electron chi connectivity index (χ0n) is 16.3. The Balaban J connectivity index is 1.49. The Labute approximate surface area is 151 Å². The summed E-state index contributed by atoms with van der Waals surface area (Å²) in [6.07, 6.45) is 9.14. The van der Waals surface area contributed by atoms with E-state index in [1.165, 1.54) is 25.7 Å². The lowest BCUT2D eigenvalue weighted by molar-refractivity contribution is -0.152. The summed E-state index contributed by atoms with van der Waals surface area (Å²) in [5.41, 5.74) is -0.253. The highest BCUT2D eigenvalue weighted by Crippen LogP contribution is 2.77. The molecule has 3 heteroatoms. The van der Waals surface area contributed by atoms with Crippen molar-refractivity contribution in [1.82, 2.24) is 0 Å². The van der Waals surface area contributed by atoms with Crippen LogP contribution in [-0.4, -0.2) is 28.2 Å². The van der Waals surface area contributed by atoms with Crippen LogP contribution in [0.2, 0.25) is 0 Å². The van der Waals surface area contributed by atoms with Crippen LogP contribution < -0.4 is 0 Å². The SMILES string of the molecule is CC(=O)[C@@]12O[C@]1(C)C[C@H]1[C@@H]3CC[C@H]4C[C@@H](O)CC[C@]4(C)[C@H]3CC[C@@]12C. The Morgan fingerprint density at radius 1 is 1.04 bits per heavy atom. The molecule has 1 aliphatic heterocycles. The smallest absolute Gasteiger partial charge is 0.165 e. The molecule has 5 aliphatic rings. The zero-order valence-corrected chi connectivity index (χ0v) is 16.3. The normalized spacial score (nSPS) is 62.4. The molecule has 140 valence electrons. The first kappa shape index (κ1) is 16.7. The fourth-order valence-corrected chi connectivity index (χ4v) is 8.85. The van der Waals surface area contributed by atoms with Crippen LogP contribution in [0.5, 0.6) is 0 Å². The molecule has 1 saturated heterocycles. The van der Waals surface area contributed by atoms with Gasteiger partial charge in [-0.1, -0.05) is 13.8 Å². The third kappa shape index (κ3) is 1.74. The number of aliphatic hydroxyl groups is 1. The van der Waals surface area contributed by atoms with Crippen molar-refractivity contribution < 1.29 is 14.6 Å². The number of carbonyl (C=O) groups excluding carboxylic acids is 1. The van der Waals surface area contributed by atoms with Crippen molar-refractivity contribution in [3.63, 3.8) is 0 Å². The number of hydrogen-bond acceptors (Lipinski definition) is 3. The number of rotatable bonds is 1. The fraction of sp³-hybridized carbons (Fsp3) is 0.955. The van der Waals surface area contributed by atoms with Crippen LogP contribution in [0, 0.1) is 34.5 Å². The molecule has 3 nitrogen and oxygen atoms in total. The minimum absolute atomic E-state index is 0.0339. The number of fused-ring (bicyclic) bond motifs is 7. The van der Waals surface area contributed by atoms with Crippen molar-refractivity contribution in [3.05, 3.63) is 0 Å². The highest BCUT2D eigenvalue weighted by Gasteiger charge is 2.85. The maximum Gasteiger partial charge on any atom is 0.165 e. The molecule has 4 aliphatic carbocycles. The van der Waals surface area contributed by atoms with E-state index < -0.39 is 5.60 Å². The van der Waals surface area contributed by atoms with E-state index in [0.717, 1.165) is 37.5 Å². The van der Waals surface area contributed by atoms with Gasteiger partial charge in [0.15, 0.2) is 11.4 Å². The van der Waals surface area contributed by atoms with Crippen LogP contribution >= 0.6 is 0 Å². The first-order valence-electron chi connectivity index (χ1n) is 10.6. The van der Waals surface area contributed by atoms with E-state index in [-0.39, 0.29) is 22.9 Å². The predicted octanol–water partition coefficient (Wildman–Crippen LogP) is 4.12. The molecule has 5 fully saturated rings. The van der Waals surface area contributed by atoms with E-state index in [1.54, 1.807) is 6.92 Å². The van der Waals surface area contributed by atoms with Crippen LogP contribution in [0.15, 0.2) is 0 Å². The van der Waals surface area contributed by atoms with Gasteiger partial charge in [0, 0.05) is 5.41 Å². The number of epoxide rings is 1. The van der Waals surface area contributed by atoms with E-state index in [1.807, 2.05) is 0 Å². The molecule has 0 aromatic carbocycles. The zero-order chi connectivity index (χ0) is 17.8. The summed E-state index contributed by atoms with van der Waals surface area (Å²) < 4.78 is 6.20.